The molecule has 1 aliphatic carbocycles. The van der Waals surface area contributed by atoms with Crippen LogP contribution in [-0.2, 0) is 4.79 Å². The lowest BCUT2D eigenvalue weighted by atomic mass is 10.2. The Morgan fingerprint density at radius 2 is 2.06 bits per heavy atom. The summed E-state index contributed by atoms with van der Waals surface area (Å²) in [6, 6.07) is 5.90. The number of aryl methyl sites for hydroxylation is 1. The number of rotatable bonds is 3. The summed E-state index contributed by atoms with van der Waals surface area (Å²) in [6.07, 6.45) is 5.03. The molecule has 0 aromatic heterocycles. The van der Waals surface area contributed by atoms with Crippen LogP contribution >= 0.6 is 0 Å². The largest absolute Gasteiger partial charge is 0.488 e. The minimum atomic E-state index is -0.0631. The van der Waals surface area contributed by atoms with Crippen molar-refractivity contribution >= 4 is 11.6 Å². The predicted octanol–water partition coefficient (Wildman–Crippen LogP) is 3.27. The summed E-state index contributed by atoms with van der Waals surface area (Å²) in [5.74, 6) is 0.726. The number of benzene rings is 1. The number of carbonyl (C=O) groups excluding carboxylic acids is 1. The molecule has 1 amide bonds. The molecule has 1 aromatic rings. The van der Waals surface area contributed by atoms with Gasteiger partial charge >= 0.3 is 0 Å². The Balaban J connectivity index is 2.15. The number of ether oxygens (including phenoxy) is 1. The number of amides is 1. The molecule has 0 bridgehead atoms. The van der Waals surface area contributed by atoms with E-state index in [0.29, 0.717) is 6.10 Å². The van der Waals surface area contributed by atoms with E-state index < -0.39 is 0 Å². The Morgan fingerprint density at radius 3 is 2.71 bits per heavy atom. The highest BCUT2D eigenvalue weighted by molar-refractivity contribution is 5.90. The molecule has 0 atom stereocenters. The number of hydrogen-bond donors (Lipinski definition) is 1. The third-order valence-corrected chi connectivity index (χ3v) is 3.04. The average molecular weight is 233 g/mol. The molecule has 92 valence electrons. The van der Waals surface area contributed by atoms with E-state index in [9.17, 15) is 4.79 Å². The van der Waals surface area contributed by atoms with E-state index in [1.807, 2.05) is 25.1 Å². The van der Waals surface area contributed by atoms with Gasteiger partial charge in [0.2, 0.25) is 5.91 Å². The van der Waals surface area contributed by atoms with Crippen molar-refractivity contribution in [3.63, 3.8) is 0 Å². The fourth-order valence-electron chi connectivity index (χ4n) is 2.22. The Bertz CT molecular complexity index is 409. The monoisotopic (exact) mass is 233 g/mol. The Labute approximate surface area is 102 Å². The van der Waals surface area contributed by atoms with Crippen LogP contribution in [0.2, 0.25) is 0 Å². The normalized spacial score (nSPS) is 15.9. The van der Waals surface area contributed by atoms with E-state index >= 15 is 0 Å². The van der Waals surface area contributed by atoms with Crippen LogP contribution in [0.15, 0.2) is 18.2 Å². The zero-order valence-corrected chi connectivity index (χ0v) is 10.5. The highest BCUT2D eigenvalue weighted by atomic mass is 16.5. The number of nitrogens with one attached hydrogen (secondary N) is 1. The lowest BCUT2D eigenvalue weighted by molar-refractivity contribution is -0.114. The summed E-state index contributed by atoms with van der Waals surface area (Å²) in [6.45, 7) is 3.52. The maximum atomic E-state index is 11.1. The van der Waals surface area contributed by atoms with Crippen LogP contribution in [-0.4, -0.2) is 12.0 Å². The third kappa shape index (κ3) is 3.22. The third-order valence-electron chi connectivity index (χ3n) is 3.04. The first-order chi connectivity index (χ1) is 8.15. The van der Waals surface area contributed by atoms with E-state index in [0.717, 1.165) is 29.8 Å². The summed E-state index contributed by atoms with van der Waals surface area (Å²) in [5, 5.41) is 2.82. The first-order valence-corrected chi connectivity index (χ1v) is 6.20. The van der Waals surface area contributed by atoms with Gasteiger partial charge in [-0.1, -0.05) is 6.07 Å². The van der Waals surface area contributed by atoms with E-state index in [1.165, 1.54) is 19.8 Å². The second-order valence-corrected chi connectivity index (χ2v) is 4.71. The first-order valence-electron chi connectivity index (χ1n) is 6.20. The second-order valence-electron chi connectivity index (χ2n) is 4.71. The number of carbonyl (C=O) groups is 1. The molecule has 1 saturated carbocycles. The molecule has 0 saturated heterocycles. The molecule has 2 rings (SSSR count). The fourth-order valence-corrected chi connectivity index (χ4v) is 2.22. The van der Waals surface area contributed by atoms with Gasteiger partial charge in [-0.25, -0.2) is 0 Å². The Kier molecular flexibility index (Phi) is 3.67. The predicted molar refractivity (Wildman–Crippen MR) is 68.4 cm³/mol. The zero-order chi connectivity index (χ0) is 12.3. The van der Waals surface area contributed by atoms with Crippen LogP contribution in [0.4, 0.5) is 5.69 Å². The lowest BCUT2D eigenvalue weighted by Crippen LogP contribution is -2.14. The molecule has 17 heavy (non-hydrogen) atoms. The minimum Gasteiger partial charge on any atom is -0.488 e. The van der Waals surface area contributed by atoms with Gasteiger partial charge < -0.3 is 10.1 Å². The van der Waals surface area contributed by atoms with Crippen molar-refractivity contribution in [1.29, 1.82) is 0 Å². The molecular formula is C14H19NO2. The first kappa shape index (κ1) is 12.0. The van der Waals surface area contributed by atoms with Gasteiger partial charge in [-0.05, 0) is 50.3 Å². The quantitative estimate of drug-likeness (QED) is 0.870. The summed E-state index contributed by atoms with van der Waals surface area (Å²) in [4.78, 5) is 11.1. The van der Waals surface area contributed by atoms with Gasteiger partial charge in [-0.2, -0.15) is 0 Å². The molecule has 1 aliphatic rings. The van der Waals surface area contributed by atoms with Gasteiger partial charge in [0.05, 0.1) is 11.8 Å². The van der Waals surface area contributed by atoms with Crippen molar-refractivity contribution in [2.75, 3.05) is 5.32 Å². The van der Waals surface area contributed by atoms with Crippen molar-refractivity contribution in [3.8, 4) is 5.75 Å². The maximum Gasteiger partial charge on any atom is 0.221 e. The average Bonchev–Trinajstić information content (AvgIpc) is 2.74. The maximum absolute atomic E-state index is 11.1. The molecular weight excluding hydrogens is 214 g/mol. The molecule has 0 radical (unpaired) electrons. The summed E-state index contributed by atoms with van der Waals surface area (Å²) in [5.41, 5.74) is 1.90. The number of hydrogen-bond acceptors (Lipinski definition) is 2. The topological polar surface area (TPSA) is 38.3 Å². The van der Waals surface area contributed by atoms with Crippen molar-refractivity contribution < 1.29 is 9.53 Å². The van der Waals surface area contributed by atoms with Crippen molar-refractivity contribution in [1.82, 2.24) is 0 Å². The van der Waals surface area contributed by atoms with Crippen LogP contribution in [0.5, 0.6) is 5.75 Å². The molecule has 1 fully saturated rings. The van der Waals surface area contributed by atoms with Crippen LogP contribution in [0.25, 0.3) is 0 Å². The second kappa shape index (κ2) is 5.21. The van der Waals surface area contributed by atoms with E-state index in [2.05, 4.69) is 5.32 Å². The van der Waals surface area contributed by atoms with E-state index in [-0.39, 0.29) is 5.91 Å². The highest BCUT2D eigenvalue weighted by Gasteiger charge is 2.18. The van der Waals surface area contributed by atoms with Crippen LogP contribution < -0.4 is 10.1 Å². The molecule has 0 spiro atoms. The van der Waals surface area contributed by atoms with E-state index in [1.54, 1.807) is 0 Å². The van der Waals surface area contributed by atoms with Gasteiger partial charge in [0.1, 0.15) is 5.75 Å². The summed E-state index contributed by atoms with van der Waals surface area (Å²) >= 11 is 0. The van der Waals surface area contributed by atoms with Crippen molar-refractivity contribution in [3.05, 3.63) is 23.8 Å². The van der Waals surface area contributed by atoms with Gasteiger partial charge in [0.25, 0.3) is 0 Å². The number of anilines is 1. The van der Waals surface area contributed by atoms with Crippen LogP contribution in [0.1, 0.15) is 38.2 Å². The van der Waals surface area contributed by atoms with Crippen molar-refractivity contribution in [2.24, 2.45) is 0 Å². The SMILES string of the molecule is CC(=O)Nc1cc(C)ccc1OC1CCCC1. The molecule has 3 heteroatoms. The lowest BCUT2D eigenvalue weighted by Gasteiger charge is -2.17. The zero-order valence-electron chi connectivity index (χ0n) is 10.5. The molecule has 1 N–H and O–H groups in total. The van der Waals surface area contributed by atoms with Gasteiger partial charge in [-0.15, -0.1) is 0 Å². The van der Waals surface area contributed by atoms with Crippen LogP contribution in [0.3, 0.4) is 0 Å². The molecule has 0 heterocycles. The van der Waals surface area contributed by atoms with Crippen molar-refractivity contribution in [2.45, 2.75) is 45.6 Å². The molecule has 0 unspecified atom stereocenters. The van der Waals surface area contributed by atoms with Gasteiger partial charge in [0, 0.05) is 6.92 Å². The summed E-state index contributed by atoms with van der Waals surface area (Å²) < 4.78 is 5.95. The fraction of sp³-hybridized carbons (Fsp3) is 0.500. The molecule has 1 aromatic carbocycles. The standard InChI is InChI=1S/C14H19NO2/c1-10-7-8-14(13(9-10)15-11(2)16)17-12-5-3-4-6-12/h7-9,12H,3-6H2,1-2H3,(H,15,16). The molecule has 3 nitrogen and oxygen atoms in total. The Hall–Kier alpha value is -1.51. The Morgan fingerprint density at radius 1 is 1.35 bits per heavy atom. The van der Waals surface area contributed by atoms with Gasteiger partial charge in [-0.3, -0.25) is 4.79 Å². The minimum absolute atomic E-state index is 0.0631. The summed E-state index contributed by atoms with van der Waals surface area (Å²) in [7, 11) is 0. The smallest absolute Gasteiger partial charge is 0.221 e. The molecule has 0 aliphatic heterocycles. The van der Waals surface area contributed by atoms with Gasteiger partial charge in [0.15, 0.2) is 0 Å². The van der Waals surface area contributed by atoms with Crippen LogP contribution in [0, 0.1) is 6.92 Å². The highest BCUT2D eigenvalue weighted by Crippen LogP contribution is 2.30. The van der Waals surface area contributed by atoms with E-state index in [4.69, 9.17) is 4.74 Å².